The van der Waals surface area contributed by atoms with Gasteiger partial charge in [0, 0.05) is 11.8 Å². The Kier molecular flexibility index (Phi) is 4.89. The smallest absolute Gasteiger partial charge is 0.429 e. The van der Waals surface area contributed by atoms with Gasteiger partial charge in [0.1, 0.15) is 5.75 Å². The van der Waals surface area contributed by atoms with Crippen LogP contribution < -0.4 is 4.74 Å². The molecule has 3 aromatic rings. The van der Waals surface area contributed by atoms with Crippen molar-refractivity contribution < 1.29 is 27.8 Å². The van der Waals surface area contributed by atoms with Crippen LogP contribution in [0.25, 0.3) is 16.9 Å². The molecule has 0 fully saturated rings. The number of carbonyl (C=O) groups is 1. The molecule has 0 spiro atoms. The molecule has 5 nitrogen and oxygen atoms in total. The highest BCUT2D eigenvalue weighted by Gasteiger charge is 2.39. The molecule has 0 amide bonds. The molecule has 0 saturated carbocycles. The summed E-state index contributed by atoms with van der Waals surface area (Å²) in [5, 5.41) is 13.4. The fourth-order valence-electron chi connectivity index (χ4n) is 2.34. The third-order valence-electron chi connectivity index (χ3n) is 3.81. The van der Waals surface area contributed by atoms with Crippen molar-refractivity contribution in [1.29, 1.82) is 0 Å². The molecule has 140 valence electrons. The molecule has 1 unspecified atom stereocenters. The zero-order valence-corrected chi connectivity index (χ0v) is 14.1. The Morgan fingerprint density at radius 3 is 2.52 bits per heavy atom. The van der Waals surface area contributed by atoms with Gasteiger partial charge in [-0.25, -0.2) is 13.9 Å². The van der Waals surface area contributed by atoms with Crippen LogP contribution in [0.3, 0.4) is 0 Å². The SMILES string of the molecule is CC(F)C(F)(F)Oc1ccc(-n2ccc(-c3cccc(C(=O)O)c3)n2)cc1. The summed E-state index contributed by atoms with van der Waals surface area (Å²) < 4.78 is 45.3. The first kappa shape index (κ1) is 18.5. The van der Waals surface area contributed by atoms with E-state index in [0.29, 0.717) is 16.9 Å². The summed E-state index contributed by atoms with van der Waals surface area (Å²) in [6.45, 7) is 0.721. The highest BCUT2D eigenvalue weighted by molar-refractivity contribution is 5.89. The lowest BCUT2D eigenvalue weighted by atomic mass is 10.1. The molecule has 3 rings (SSSR count). The third kappa shape index (κ3) is 4.11. The van der Waals surface area contributed by atoms with E-state index in [9.17, 15) is 18.0 Å². The lowest BCUT2D eigenvalue weighted by Gasteiger charge is -2.19. The molecule has 0 saturated heterocycles. The van der Waals surface area contributed by atoms with Crippen LogP contribution in [0, 0.1) is 0 Å². The minimum atomic E-state index is -3.91. The summed E-state index contributed by atoms with van der Waals surface area (Å²) in [4.78, 5) is 11.1. The van der Waals surface area contributed by atoms with Gasteiger partial charge in [0.2, 0.25) is 6.17 Å². The minimum Gasteiger partial charge on any atom is -0.478 e. The van der Waals surface area contributed by atoms with Crippen molar-refractivity contribution in [2.75, 3.05) is 0 Å². The van der Waals surface area contributed by atoms with Crippen LogP contribution in [-0.4, -0.2) is 33.1 Å². The number of ether oxygens (including phenoxy) is 1. The number of benzene rings is 2. The maximum absolute atomic E-state index is 13.3. The van der Waals surface area contributed by atoms with E-state index in [1.54, 1.807) is 24.4 Å². The molecule has 8 heteroatoms. The molecule has 0 bridgehead atoms. The zero-order valence-electron chi connectivity index (χ0n) is 14.1. The number of halogens is 3. The lowest BCUT2D eigenvalue weighted by molar-refractivity contribution is -0.215. The molecule has 1 atom stereocenters. The van der Waals surface area contributed by atoms with Crippen molar-refractivity contribution in [3.63, 3.8) is 0 Å². The van der Waals surface area contributed by atoms with E-state index in [-0.39, 0.29) is 11.3 Å². The first-order valence-corrected chi connectivity index (χ1v) is 7.97. The standard InChI is InChI=1S/C19H15F3N2O3/c1-12(20)19(21,22)27-16-7-5-15(6-8-16)24-10-9-17(23-24)13-3-2-4-14(11-13)18(25)26/h2-12H,1H3,(H,25,26). The highest BCUT2D eigenvalue weighted by Crippen LogP contribution is 2.27. The summed E-state index contributed by atoms with van der Waals surface area (Å²) in [7, 11) is 0. The summed E-state index contributed by atoms with van der Waals surface area (Å²) in [5.41, 5.74) is 1.90. The van der Waals surface area contributed by atoms with Gasteiger partial charge in [0.15, 0.2) is 0 Å². The van der Waals surface area contributed by atoms with Crippen LogP contribution in [0.2, 0.25) is 0 Å². The van der Waals surface area contributed by atoms with Gasteiger partial charge in [-0.2, -0.15) is 13.9 Å². The molecular formula is C19H15F3N2O3. The number of carboxylic acid groups (broad SMARTS) is 1. The number of nitrogens with zero attached hydrogens (tertiary/aromatic N) is 2. The number of aromatic nitrogens is 2. The fourth-order valence-corrected chi connectivity index (χ4v) is 2.34. The van der Waals surface area contributed by atoms with Gasteiger partial charge in [0.25, 0.3) is 0 Å². The van der Waals surface area contributed by atoms with Crippen LogP contribution >= 0.6 is 0 Å². The second kappa shape index (κ2) is 7.14. The molecule has 27 heavy (non-hydrogen) atoms. The zero-order chi connectivity index (χ0) is 19.6. The predicted octanol–water partition coefficient (Wildman–Crippen LogP) is 4.57. The maximum Gasteiger partial charge on any atom is 0.429 e. The number of alkyl halides is 3. The Hall–Kier alpha value is -3.29. The van der Waals surface area contributed by atoms with E-state index < -0.39 is 18.2 Å². The van der Waals surface area contributed by atoms with Gasteiger partial charge >= 0.3 is 12.1 Å². The summed E-state index contributed by atoms with van der Waals surface area (Å²) in [5.74, 6) is -1.21. The van der Waals surface area contributed by atoms with Crippen LogP contribution in [-0.2, 0) is 0 Å². The molecule has 0 aliphatic heterocycles. The largest absolute Gasteiger partial charge is 0.478 e. The number of rotatable bonds is 6. The Labute approximate surface area is 152 Å². The molecule has 2 aromatic carbocycles. The van der Waals surface area contributed by atoms with E-state index in [1.807, 2.05) is 0 Å². The maximum atomic E-state index is 13.3. The van der Waals surface area contributed by atoms with Crippen molar-refractivity contribution >= 4 is 5.97 Å². The Morgan fingerprint density at radius 2 is 1.89 bits per heavy atom. The molecule has 1 heterocycles. The number of carboxylic acids is 1. The second-order valence-electron chi connectivity index (χ2n) is 5.81. The van der Waals surface area contributed by atoms with Crippen molar-refractivity contribution in [3.8, 4) is 22.7 Å². The summed E-state index contributed by atoms with van der Waals surface area (Å²) in [6, 6.07) is 13.6. The predicted molar refractivity (Wildman–Crippen MR) is 92.1 cm³/mol. The Balaban J connectivity index is 1.81. The Bertz CT molecular complexity index is 953. The van der Waals surface area contributed by atoms with Crippen molar-refractivity contribution in [2.24, 2.45) is 0 Å². The van der Waals surface area contributed by atoms with E-state index in [1.165, 1.54) is 41.1 Å². The molecule has 0 aliphatic rings. The summed E-state index contributed by atoms with van der Waals surface area (Å²) in [6.07, 6.45) is -4.70. The van der Waals surface area contributed by atoms with Crippen molar-refractivity contribution in [3.05, 3.63) is 66.4 Å². The van der Waals surface area contributed by atoms with Crippen molar-refractivity contribution in [1.82, 2.24) is 9.78 Å². The van der Waals surface area contributed by atoms with Gasteiger partial charge in [-0.15, -0.1) is 0 Å². The van der Waals surface area contributed by atoms with E-state index in [4.69, 9.17) is 5.11 Å². The molecular weight excluding hydrogens is 361 g/mol. The van der Waals surface area contributed by atoms with Crippen LogP contribution in [0.5, 0.6) is 5.75 Å². The first-order valence-electron chi connectivity index (χ1n) is 7.97. The van der Waals surface area contributed by atoms with Gasteiger partial charge in [0.05, 0.1) is 16.9 Å². The van der Waals surface area contributed by atoms with Crippen molar-refractivity contribution in [2.45, 2.75) is 19.2 Å². The average Bonchev–Trinajstić information content (AvgIpc) is 3.12. The fraction of sp³-hybridized carbons (Fsp3) is 0.158. The quantitative estimate of drug-likeness (QED) is 0.685. The second-order valence-corrected chi connectivity index (χ2v) is 5.81. The lowest BCUT2D eigenvalue weighted by Crippen LogP contribution is -2.34. The third-order valence-corrected chi connectivity index (χ3v) is 3.81. The monoisotopic (exact) mass is 376 g/mol. The first-order chi connectivity index (χ1) is 12.8. The van der Waals surface area contributed by atoms with Crippen LogP contribution in [0.4, 0.5) is 13.2 Å². The number of aromatic carboxylic acids is 1. The number of hydrogen-bond donors (Lipinski definition) is 1. The van der Waals surface area contributed by atoms with E-state index in [2.05, 4.69) is 9.84 Å². The number of hydrogen-bond acceptors (Lipinski definition) is 3. The van der Waals surface area contributed by atoms with Gasteiger partial charge in [-0.1, -0.05) is 12.1 Å². The average molecular weight is 376 g/mol. The highest BCUT2D eigenvalue weighted by atomic mass is 19.3. The van der Waals surface area contributed by atoms with Gasteiger partial charge < -0.3 is 9.84 Å². The Morgan fingerprint density at radius 1 is 1.19 bits per heavy atom. The van der Waals surface area contributed by atoms with Gasteiger partial charge in [-0.3, -0.25) is 0 Å². The molecule has 1 aromatic heterocycles. The molecule has 0 aliphatic carbocycles. The van der Waals surface area contributed by atoms with Crippen LogP contribution in [0.1, 0.15) is 17.3 Å². The molecule has 1 N–H and O–H groups in total. The molecule has 0 radical (unpaired) electrons. The van der Waals surface area contributed by atoms with E-state index >= 15 is 0 Å². The van der Waals surface area contributed by atoms with Crippen LogP contribution in [0.15, 0.2) is 60.8 Å². The van der Waals surface area contributed by atoms with E-state index in [0.717, 1.165) is 6.92 Å². The minimum absolute atomic E-state index is 0.145. The topological polar surface area (TPSA) is 64.3 Å². The summed E-state index contributed by atoms with van der Waals surface area (Å²) >= 11 is 0. The normalized spacial score (nSPS) is 12.6. The van der Waals surface area contributed by atoms with Gasteiger partial charge in [-0.05, 0) is 49.4 Å².